The third kappa shape index (κ3) is 4.92. The molecule has 0 saturated carbocycles. The molecule has 1 aliphatic rings. The molecule has 4 nitrogen and oxygen atoms in total. The van der Waals surface area contributed by atoms with Crippen LogP contribution in [0.25, 0.3) is 16.9 Å². The summed E-state index contributed by atoms with van der Waals surface area (Å²) in [6.45, 7) is 5.65. The van der Waals surface area contributed by atoms with Crippen LogP contribution >= 0.6 is 0 Å². The molecule has 0 aliphatic carbocycles. The van der Waals surface area contributed by atoms with Gasteiger partial charge in [-0.3, -0.25) is 0 Å². The zero-order chi connectivity index (χ0) is 20.2. The van der Waals surface area contributed by atoms with Gasteiger partial charge in [-0.1, -0.05) is 17.7 Å². The van der Waals surface area contributed by atoms with Gasteiger partial charge in [0.25, 0.3) is 0 Å². The quantitative estimate of drug-likeness (QED) is 0.600. The van der Waals surface area contributed by atoms with Gasteiger partial charge in [-0.25, -0.2) is 9.07 Å². The van der Waals surface area contributed by atoms with Gasteiger partial charge in [0.05, 0.1) is 11.4 Å². The third-order valence-electron chi connectivity index (χ3n) is 5.56. The van der Waals surface area contributed by atoms with Crippen molar-refractivity contribution in [2.24, 2.45) is 5.92 Å². The highest BCUT2D eigenvalue weighted by Crippen LogP contribution is 2.26. The number of hydrogen-bond acceptors (Lipinski definition) is 3. The predicted octanol–water partition coefficient (Wildman–Crippen LogP) is 4.85. The van der Waals surface area contributed by atoms with Gasteiger partial charge < -0.3 is 9.64 Å². The number of benzene rings is 2. The number of hydrogen-bond donors (Lipinski definition) is 0. The van der Waals surface area contributed by atoms with Gasteiger partial charge in [0.2, 0.25) is 0 Å². The van der Waals surface area contributed by atoms with Crippen LogP contribution in [-0.2, 0) is 11.3 Å². The molecule has 5 heteroatoms. The Morgan fingerprint density at radius 2 is 1.76 bits per heavy atom. The van der Waals surface area contributed by atoms with E-state index in [2.05, 4.69) is 49.3 Å². The Morgan fingerprint density at radius 1 is 1.07 bits per heavy atom. The molecule has 3 aromatic rings. The van der Waals surface area contributed by atoms with E-state index in [0.29, 0.717) is 5.92 Å². The average molecular weight is 394 g/mol. The Balaban J connectivity index is 1.61. The van der Waals surface area contributed by atoms with Crippen LogP contribution in [0.1, 0.15) is 24.0 Å². The Labute approximate surface area is 171 Å². The maximum Gasteiger partial charge on any atom is 0.123 e. The molecule has 0 atom stereocenters. The van der Waals surface area contributed by atoms with Crippen LogP contribution in [0.4, 0.5) is 4.39 Å². The number of nitrogens with zero attached hydrogens (tertiary/aromatic N) is 3. The predicted molar refractivity (Wildman–Crippen MR) is 114 cm³/mol. The fourth-order valence-corrected chi connectivity index (χ4v) is 3.93. The Bertz CT molecular complexity index is 928. The van der Waals surface area contributed by atoms with Gasteiger partial charge in [-0.2, -0.15) is 5.10 Å². The highest BCUT2D eigenvalue weighted by molar-refractivity contribution is 5.63. The summed E-state index contributed by atoms with van der Waals surface area (Å²) in [4.78, 5) is 2.36. The number of rotatable bonds is 6. The third-order valence-corrected chi connectivity index (χ3v) is 5.56. The van der Waals surface area contributed by atoms with Crippen molar-refractivity contribution >= 4 is 0 Å². The first-order chi connectivity index (χ1) is 14.1. The molecule has 2 heterocycles. The lowest BCUT2D eigenvalue weighted by Gasteiger charge is -2.27. The lowest BCUT2D eigenvalue weighted by molar-refractivity contribution is 0.0550. The summed E-state index contributed by atoms with van der Waals surface area (Å²) < 4.78 is 20.8. The lowest BCUT2D eigenvalue weighted by atomic mass is 9.99. The number of aryl methyl sites for hydroxylation is 1. The first-order valence-corrected chi connectivity index (χ1v) is 10.3. The second-order valence-corrected chi connectivity index (χ2v) is 8.04. The topological polar surface area (TPSA) is 30.3 Å². The molecule has 1 saturated heterocycles. The van der Waals surface area contributed by atoms with Crippen molar-refractivity contribution in [3.05, 3.63) is 71.7 Å². The summed E-state index contributed by atoms with van der Waals surface area (Å²) in [5.74, 6) is 0.445. The van der Waals surface area contributed by atoms with Gasteiger partial charge >= 0.3 is 0 Å². The Hall–Kier alpha value is -2.50. The second-order valence-electron chi connectivity index (χ2n) is 8.04. The van der Waals surface area contributed by atoms with Gasteiger partial charge in [-0.05, 0) is 69.1 Å². The first-order valence-electron chi connectivity index (χ1n) is 10.3. The van der Waals surface area contributed by atoms with E-state index in [1.807, 2.05) is 4.68 Å². The number of aromatic nitrogens is 2. The van der Waals surface area contributed by atoms with Crippen LogP contribution in [0.2, 0.25) is 0 Å². The molecule has 4 rings (SSSR count). The summed E-state index contributed by atoms with van der Waals surface area (Å²) in [7, 11) is 2.16. The van der Waals surface area contributed by atoms with Crippen LogP contribution in [-0.4, -0.2) is 41.5 Å². The monoisotopic (exact) mass is 393 g/mol. The first kappa shape index (κ1) is 19.8. The standard InChI is InChI=1S/C24H28FN3O/c1-18-3-9-23(10-4-18)28-17-21(16-27(2)15-19-11-13-29-14-12-19)24(26-28)20-5-7-22(25)8-6-20/h3-10,17,19H,11-16H2,1-2H3. The second kappa shape index (κ2) is 8.89. The molecular formula is C24H28FN3O. The van der Waals surface area contributed by atoms with E-state index in [4.69, 9.17) is 9.84 Å². The van der Waals surface area contributed by atoms with Crippen LogP contribution in [0.15, 0.2) is 54.7 Å². The van der Waals surface area contributed by atoms with Crippen LogP contribution < -0.4 is 0 Å². The highest BCUT2D eigenvalue weighted by Gasteiger charge is 2.18. The molecule has 0 N–H and O–H groups in total. The summed E-state index contributed by atoms with van der Waals surface area (Å²) in [6, 6.07) is 14.9. The molecule has 0 amide bonds. The van der Waals surface area contributed by atoms with E-state index >= 15 is 0 Å². The summed E-state index contributed by atoms with van der Waals surface area (Å²) in [5.41, 5.74) is 5.23. The van der Waals surface area contributed by atoms with Crippen LogP contribution in [0.5, 0.6) is 0 Å². The molecular weight excluding hydrogens is 365 g/mol. The highest BCUT2D eigenvalue weighted by atomic mass is 19.1. The van der Waals surface area contributed by atoms with Crippen molar-refractivity contribution in [2.75, 3.05) is 26.8 Å². The SMILES string of the molecule is Cc1ccc(-n2cc(CN(C)CC3CCOCC3)c(-c3ccc(F)cc3)n2)cc1. The smallest absolute Gasteiger partial charge is 0.123 e. The zero-order valence-electron chi connectivity index (χ0n) is 17.1. The van der Waals surface area contributed by atoms with Crippen molar-refractivity contribution in [3.63, 3.8) is 0 Å². The minimum Gasteiger partial charge on any atom is -0.381 e. The average Bonchev–Trinajstić information content (AvgIpc) is 3.13. The molecule has 0 spiro atoms. The van der Waals surface area contributed by atoms with Crippen molar-refractivity contribution < 1.29 is 9.13 Å². The maximum atomic E-state index is 13.4. The fraction of sp³-hybridized carbons (Fsp3) is 0.375. The van der Waals surface area contributed by atoms with E-state index < -0.39 is 0 Å². The Kier molecular flexibility index (Phi) is 6.07. The van der Waals surface area contributed by atoms with Gasteiger partial charge in [0, 0.05) is 43.6 Å². The molecule has 0 radical (unpaired) electrons. The van der Waals surface area contributed by atoms with Gasteiger partial charge in [-0.15, -0.1) is 0 Å². The van der Waals surface area contributed by atoms with Crippen molar-refractivity contribution in [1.82, 2.24) is 14.7 Å². The van der Waals surface area contributed by atoms with Crippen molar-refractivity contribution in [1.29, 1.82) is 0 Å². The van der Waals surface area contributed by atoms with E-state index in [1.54, 1.807) is 12.1 Å². The lowest BCUT2D eigenvalue weighted by Crippen LogP contribution is -2.29. The van der Waals surface area contributed by atoms with Crippen LogP contribution in [0, 0.1) is 18.7 Å². The molecule has 1 aliphatic heterocycles. The minimum atomic E-state index is -0.232. The molecule has 0 unspecified atom stereocenters. The zero-order valence-corrected chi connectivity index (χ0v) is 17.1. The number of ether oxygens (including phenoxy) is 1. The molecule has 1 fully saturated rings. The van der Waals surface area contributed by atoms with Crippen molar-refractivity contribution in [2.45, 2.75) is 26.3 Å². The molecule has 1 aromatic heterocycles. The summed E-state index contributed by atoms with van der Waals surface area (Å²) in [6.07, 6.45) is 4.35. The molecule has 0 bridgehead atoms. The van der Waals surface area contributed by atoms with E-state index in [1.165, 1.54) is 17.7 Å². The fourth-order valence-electron chi connectivity index (χ4n) is 3.93. The largest absolute Gasteiger partial charge is 0.381 e. The minimum absolute atomic E-state index is 0.232. The van der Waals surface area contributed by atoms with Crippen LogP contribution in [0.3, 0.4) is 0 Å². The molecule has 29 heavy (non-hydrogen) atoms. The summed E-state index contributed by atoms with van der Waals surface area (Å²) in [5, 5.41) is 4.86. The summed E-state index contributed by atoms with van der Waals surface area (Å²) >= 11 is 0. The van der Waals surface area contributed by atoms with Gasteiger partial charge in [0.15, 0.2) is 0 Å². The number of halogens is 1. The van der Waals surface area contributed by atoms with E-state index in [-0.39, 0.29) is 5.82 Å². The molecule has 152 valence electrons. The van der Waals surface area contributed by atoms with Gasteiger partial charge in [0.1, 0.15) is 5.82 Å². The molecule has 2 aromatic carbocycles. The maximum absolute atomic E-state index is 13.4. The van der Waals surface area contributed by atoms with E-state index in [9.17, 15) is 4.39 Å². The van der Waals surface area contributed by atoms with Crippen molar-refractivity contribution in [3.8, 4) is 16.9 Å². The Morgan fingerprint density at radius 3 is 2.45 bits per heavy atom. The normalized spacial score (nSPS) is 15.2. The van der Waals surface area contributed by atoms with E-state index in [0.717, 1.165) is 61.7 Å².